The van der Waals surface area contributed by atoms with Gasteiger partial charge >= 0.3 is 0 Å². The summed E-state index contributed by atoms with van der Waals surface area (Å²) in [4.78, 5) is 11.8. The number of ether oxygens (including phenoxy) is 2. The van der Waals surface area contributed by atoms with E-state index in [1.54, 1.807) is 26.2 Å². The first-order valence-corrected chi connectivity index (χ1v) is 5.86. The summed E-state index contributed by atoms with van der Waals surface area (Å²) in [6.07, 6.45) is -0.230. The van der Waals surface area contributed by atoms with Gasteiger partial charge in [-0.05, 0) is 18.6 Å². The Morgan fingerprint density at radius 2 is 2.17 bits per heavy atom. The number of halogens is 1. The predicted molar refractivity (Wildman–Crippen MR) is 66.0 cm³/mol. The van der Waals surface area contributed by atoms with Crippen molar-refractivity contribution in [3.8, 4) is 5.75 Å². The maximum absolute atomic E-state index is 13.4. The van der Waals surface area contributed by atoms with Crippen molar-refractivity contribution in [2.45, 2.75) is 19.4 Å². The molecule has 5 heteroatoms. The minimum atomic E-state index is -0.696. The van der Waals surface area contributed by atoms with Gasteiger partial charge in [0.05, 0.1) is 6.61 Å². The van der Waals surface area contributed by atoms with Crippen molar-refractivity contribution in [1.82, 2.24) is 5.32 Å². The molecular weight excluding hydrogens is 237 g/mol. The molecule has 18 heavy (non-hydrogen) atoms. The smallest absolute Gasteiger partial charge is 0.261 e. The molecule has 0 aliphatic carbocycles. The number of carbonyl (C=O) groups excluding carboxylic acids is 1. The molecule has 0 aliphatic rings. The fourth-order valence-electron chi connectivity index (χ4n) is 1.41. The van der Waals surface area contributed by atoms with E-state index >= 15 is 0 Å². The largest absolute Gasteiger partial charge is 0.478 e. The standard InChI is InChI=1S/C13H18FNO3/c1-3-11(13(16)15-8-9-17-2)18-12-7-5-4-6-10(12)14/h4-7,11H,3,8-9H2,1-2H3,(H,15,16)/t11-/m0/s1. The Morgan fingerprint density at radius 1 is 1.44 bits per heavy atom. The third kappa shape index (κ3) is 4.33. The van der Waals surface area contributed by atoms with E-state index in [4.69, 9.17) is 9.47 Å². The summed E-state index contributed by atoms with van der Waals surface area (Å²) in [5.74, 6) is -0.648. The van der Waals surface area contributed by atoms with E-state index in [2.05, 4.69) is 5.32 Å². The average Bonchev–Trinajstić information content (AvgIpc) is 2.38. The molecule has 0 unspecified atom stereocenters. The van der Waals surface area contributed by atoms with Gasteiger partial charge in [-0.25, -0.2) is 4.39 Å². The number of rotatable bonds is 7. The molecule has 1 aromatic rings. The average molecular weight is 255 g/mol. The fourth-order valence-corrected chi connectivity index (χ4v) is 1.41. The SMILES string of the molecule is CC[C@H](Oc1ccccc1F)C(=O)NCCOC. The summed E-state index contributed by atoms with van der Waals surface area (Å²) >= 11 is 0. The number of hydrogen-bond acceptors (Lipinski definition) is 3. The van der Waals surface area contributed by atoms with Crippen molar-refractivity contribution in [3.05, 3.63) is 30.1 Å². The molecule has 1 rings (SSSR count). The minimum Gasteiger partial charge on any atom is -0.478 e. The highest BCUT2D eigenvalue weighted by molar-refractivity contribution is 5.81. The number of hydrogen-bond donors (Lipinski definition) is 1. The van der Waals surface area contributed by atoms with Crippen molar-refractivity contribution in [3.63, 3.8) is 0 Å². The molecule has 0 spiro atoms. The minimum absolute atomic E-state index is 0.0891. The van der Waals surface area contributed by atoms with E-state index in [9.17, 15) is 9.18 Å². The van der Waals surface area contributed by atoms with E-state index in [-0.39, 0.29) is 11.7 Å². The quantitative estimate of drug-likeness (QED) is 0.755. The lowest BCUT2D eigenvalue weighted by Gasteiger charge is -2.17. The zero-order chi connectivity index (χ0) is 13.4. The molecule has 1 N–H and O–H groups in total. The Balaban J connectivity index is 2.56. The van der Waals surface area contributed by atoms with Crippen LogP contribution in [0, 0.1) is 5.82 Å². The fraction of sp³-hybridized carbons (Fsp3) is 0.462. The van der Waals surface area contributed by atoms with Crippen molar-refractivity contribution < 1.29 is 18.7 Å². The van der Waals surface area contributed by atoms with E-state index in [0.29, 0.717) is 19.6 Å². The molecule has 0 saturated heterocycles. The number of amides is 1. The lowest BCUT2D eigenvalue weighted by Crippen LogP contribution is -2.39. The van der Waals surface area contributed by atoms with Crippen LogP contribution in [0.25, 0.3) is 0 Å². The van der Waals surface area contributed by atoms with Crippen LogP contribution in [0.4, 0.5) is 4.39 Å². The molecule has 4 nitrogen and oxygen atoms in total. The highest BCUT2D eigenvalue weighted by Gasteiger charge is 2.19. The van der Waals surface area contributed by atoms with Crippen LogP contribution >= 0.6 is 0 Å². The van der Waals surface area contributed by atoms with Crippen LogP contribution < -0.4 is 10.1 Å². The van der Waals surface area contributed by atoms with E-state index in [1.807, 2.05) is 0 Å². The second-order valence-corrected chi connectivity index (χ2v) is 3.73. The summed E-state index contributed by atoms with van der Waals surface area (Å²) in [6.45, 7) is 2.65. The number of nitrogens with one attached hydrogen (secondary N) is 1. The normalized spacial score (nSPS) is 11.9. The van der Waals surface area contributed by atoms with Gasteiger partial charge in [0.2, 0.25) is 0 Å². The molecule has 0 radical (unpaired) electrons. The van der Waals surface area contributed by atoms with Gasteiger partial charge in [-0.15, -0.1) is 0 Å². The van der Waals surface area contributed by atoms with Crippen molar-refractivity contribution in [2.75, 3.05) is 20.3 Å². The maximum Gasteiger partial charge on any atom is 0.261 e. The van der Waals surface area contributed by atoms with E-state index < -0.39 is 11.9 Å². The molecule has 1 atom stereocenters. The van der Waals surface area contributed by atoms with Gasteiger partial charge in [0.1, 0.15) is 0 Å². The van der Waals surface area contributed by atoms with Gasteiger partial charge in [0.25, 0.3) is 5.91 Å². The van der Waals surface area contributed by atoms with Gasteiger partial charge in [-0.1, -0.05) is 19.1 Å². The molecule has 0 aliphatic heterocycles. The van der Waals surface area contributed by atoms with Crippen LogP contribution in [0.15, 0.2) is 24.3 Å². The maximum atomic E-state index is 13.4. The monoisotopic (exact) mass is 255 g/mol. The van der Waals surface area contributed by atoms with Gasteiger partial charge in [0.15, 0.2) is 17.7 Å². The van der Waals surface area contributed by atoms with Crippen LogP contribution in [-0.2, 0) is 9.53 Å². The van der Waals surface area contributed by atoms with Crippen molar-refractivity contribution in [1.29, 1.82) is 0 Å². The summed E-state index contributed by atoms with van der Waals surface area (Å²) in [7, 11) is 1.55. The molecule has 0 aromatic heterocycles. The van der Waals surface area contributed by atoms with Gasteiger partial charge < -0.3 is 14.8 Å². The summed E-state index contributed by atoms with van der Waals surface area (Å²) < 4.78 is 23.6. The second kappa shape index (κ2) is 7.66. The third-order valence-electron chi connectivity index (χ3n) is 2.37. The zero-order valence-corrected chi connectivity index (χ0v) is 10.6. The molecule has 1 aromatic carbocycles. The first kappa shape index (κ1) is 14.4. The summed E-state index contributed by atoms with van der Waals surface area (Å²) in [5.41, 5.74) is 0. The Hall–Kier alpha value is -1.62. The number of para-hydroxylation sites is 1. The number of methoxy groups -OCH3 is 1. The van der Waals surface area contributed by atoms with Crippen molar-refractivity contribution in [2.24, 2.45) is 0 Å². The first-order chi connectivity index (χ1) is 8.69. The number of carbonyl (C=O) groups is 1. The highest BCUT2D eigenvalue weighted by Crippen LogP contribution is 2.17. The van der Waals surface area contributed by atoms with Crippen LogP contribution in [0.1, 0.15) is 13.3 Å². The van der Waals surface area contributed by atoms with E-state index in [1.165, 1.54) is 12.1 Å². The van der Waals surface area contributed by atoms with Crippen LogP contribution in [0.3, 0.4) is 0 Å². The van der Waals surface area contributed by atoms with Gasteiger partial charge in [0, 0.05) is 13.7 Å². The lowest BCUT2D eigenvalue weighted by molar-refractivity contribution is -0.128. The molecule has 100 valence electrons. The molecule has 0 fully saturated rings. The highest BCUT2D eigenvalue weighted by atomic mass is 19.1. The zero-order valence-electron chi connectivity index (χ0n) is 10.6. The van der Waals surface area contributed by atoms with Crippen LogP contribution in [0.5, 0.6) is 5.75 Å². The topological polar surface area (TPSA) is 47.6 Å². The molecule has 1 amide bonds. The Morgan fingerprint density at radius 3 is 2.78 bits per heavy atom. The third-order valence-corrected chi connectivity index (χ3v) is 2.37. The van der Waals surface area contributed by atoms with Crippen LogP contribution in [0.2, 0.25) is 0 Å². The molecule has 0 saturated carbocycles. The predicted octanol–water partition coefficient (Wildman–Crippen LogP) is 1.75. The summed E-state index contributed by atoms with van der Waals surface area (Å²) in [6, 6.07) is 6.03. The van der Waals surface area contributed by atoms with E-state index in [0.717, 1.165) is 0 Å². The second-order valence-electron chi connectivity index (χ2n) is 3.73. The number of benzene rings is 1. The van der Waals surface area contributed by atoms with Gasteiger partial charge in [-0.2, -0.15) is 0 Å². The summed E-state index contributed by atoms with van der Waals surface area (Å²) in [5, 5.41) is 2.66. The first-order valence-electron chi connectivity index (χ1n) is 5.86. The van der Waals surface area contributed by atoms with Crippen LogP contribution in [-0.4, -0.2) is 32.3 Å². The Kier molecular flexibility index (Phi) is 6.14. The van der Waals surface area contributed by atoms with Crippen molar-refractivity contribution >= 4 is 5.91 Å². The van der Waals surface area contributed by atoms with Gasteiger partial charge in [-0.3, -0.25) is 4.79 Å². The molecular formula is C13H18FNO3. The molecule has 0 heterocycles. The Labute approximate surface area is 106 Å². The lowest BCUT2D eigenvalue weighted by atomic mass is 10.2. The Bertz CT molecular complexity index is 384. The molecule has 0 bridgehead atoms.